The van der Waals surface area contributed by atoms with Gasteiger partial charge < -0.3 is 11.1 Å². The number of fused-ring (bicyclic) bond motifs is 1. The van der Waals surface area contributed by atoms with Crippen molar-refractivity contribution in [3.63, 3.8) is 0 Å². The first-order valence-electron chi connectivity index (χ1n) is 10.4. The van der Waals surface area contributed by atoms with Gasteiger partial charge in [0.25, 0.3) is 0 Å². The maximum atomic E-state index is 14.1. The van der Waals surface area contributed by atoms with Crippen LogP contribution in [-0.4, -0.2) is 39.2 Å². The molecule has 9 heteroatoms. The van der Waals surface area contributed by atoms with Crippen molar-refractivity contribution in [1.29, 1.82) is 0 Å². The average molecular weight is 501 g/mol. The number of allylic oxidation sites excluding steroid dienone is 3. The molecule has 0 saturated heterocycles. The topological polar surface area (TPSA) is 106 Å². The first kappa shape index (κ1) is 25.6. The number of hydrogen-bond acceptors (Lipinski definition) is 5. The monoisotopic (exact) mass is 500 g/mol. The first-order chi connectivity index (χ1) is 16.1. The van der Waals surface area contributed by atoms with Gasteiger partial charge >= 0.3 is 0 Å². The van der Waals surface area contributed by atoms with Crippen molar-refractivity contribution in [3.05, 3.63) is 70.5 Å². The van der Waals surface area contributed by atoms with E-state index in [-0.39, 0.29) is 17.3 Å². The summed E-state index contributed by atoms with van der Waals surface area (Å²) in [6.07, 6.45) is 3.60. The summed E-state index contributed by atoms with van der Waals surface area (Å²) in [6, 6.07) is 10.9. The lowest BCUT2D eigenvalue weighted by molar-refractivity contribution is -0.125. The lowest BCUT2D eigenvalue weighted by Gasteiger charge is -2.13. The fraction of sp³-hybridized carbons (Fsp3) is 0.240. The molecule has 3 N–H and O–H groups in total. The molecule has 0 spiro atoms. The van der Waals surface area contributed by atoms with Crippen LogP contribution in [-0.2, 0) is 25.2 Å². The molecular formula is C25H25FN2O4S2. The Labute approximate surface area is 204 Å². The number of carbonyl (C=O) groups excluding carboxylic acids is 3. The summed E-state index contributed by atoms with van der Waals surface area (Å²) in [6.45, 7) is 3.15. The summed E-state index contributed by atoms with van der Waals surface area (Å²) in [5.41, 5.74) is 10.1. The second kappa shape index (κ2) is 10.9. The molecule has 2 atom stereocenters. The van der Waals surface area contributed by atoms with Crippen molar-refractivity contribution < 1.29 is 23.0 Å². The van der Waals surface area contributed by atoms with Crippen LogP contribution in [0.3, 0.4) is 0 Å². The molecule has 2 aromatic rings. The molecule has 0 fully saturated rings. The van der Waals surface area contributed by atoms with Crippen LogP contribution in [0.25, 0.3) is 17.2 Å². The highest BCUT2D eigenvalue weighted by Gasteiger charge is 2.27. The maximum absolute atomic E-state index is 14.1. The minimum Gasteiger partial charge on any atom is -0.368 e. The lowest BCUT2D eigenvalue weighted by atomic mass is 10.0. The molecule has 2 aromatic carbocycles. The maximum Gasteiger partial charge on any atom is 0.240 e. The number of benzene rings is 2. The number of primary amides is 1. The third-order valence-corrected chi connectivity index (χ3v) is 7.33. The molecule has 1 aliphatic carbocycles. The third kappa shape index (κ3) is 6.09. The van der Waals surface area contributed by atoms with Gasteiger partial charge in [0.05, 0.1) is 0 Å². The number of nitrogens with one attached hydrogen (secondary N) is 1. The Morgan fingerprint density at radius 3 is 2.41 bits per heavy atom. The fourth-order valence-electron chi connectivity index (χ4n) is 3.72. The van der Waals surface area contributed by atoms with Gasteiger partial charge in [-0.2, -0.15) is 0 Å². The van der Waals surface area contributed by atoms with Crippen LogP contribution in [0.5, 0.6) is 0 Å². The van der Waals surface area contributed by atoms with E-state index in [9.17, 15) is 23.0 Å². The van der Waals surface area contributed by atoms with E-state index in [1.54, 1.807) is 24.5 Å². The van der Waals surface area contributed by atoms with Gasteiger partial charge in [-0.05, 0) is 70.7 Å². The molecule has 0 saturated carbocycles. The second-order valence-electron chi connectivity index (χ2n) is 7.89. The van der Waals surface area contributed by atoms with E-state index in [0.29, 0.717) is 11.1 Å². The molecule has 0 radical (unpaired) electrons. The molecule has 0 bridgehead atoms. The van der Waals surface area contributed by atoms with Gasteiger partial charge in [-0.3, -0.25) is 18.6 Å². The van der Waals surface area contributed by atoms with E-state index >= 15 is 0 Å². The van der Waals surface area contributed by atoms with Gasteiger partial charge in [-0.15, -0.1) is 0 Å². The molecule has 2 amide bonds. The SMILES string of the molecule is CC(=O)N[C@@H](CSC(=O)CC1=C(C)C(=Cc2ccc(S(C)=O)cc2)c2ccc(F)cc21)C(N)=O. The number of rotatable bonds is 8. The van der Waals surface area contributed by atoms with E-state index in [2.05, 4.69) is 5.32 Å². The number of hydrogen-bond donors (Lipinski definition) is 2. The number of amides is 2. The Kier molecular flexibility index (Phi) is 8.22. The largest absolute Gasteiger partial charge is 0.368 e. The van der Waals surface area contributed by atoms with Crippen molar-refractivity contribution in [2.75, 3.05) is 12.0 Å². The van der Waals surface area contributed by atoms with Gasteiger partial charge in [-0.25, -0.2) is 4.39 Å². The normalized spacial score (nSPS) is 15.7. The zero-order valence-corrected chi connectivity index (χ0v) is 20.6. The van der Waals surface area contributed by atoms with Crippen LogP contribution in [0, 0.1) is 5.82 Å². The molecule has 1 aliphatic rings. The van der Waals surface area contributed by atoms with Gasteiger partial charge in [0.2, 0.25) is 11.8 Å². The molecule has 3 rings (SSSR count). The number of nitrogens with two attached hydrogens (primary N) is 1. The predicted octanol–water partition coefficient (Wildman–Crippen LogP) is 3.53. The van der Waals surface area contributed by atoms with E-state index in [0.717, 1.165) is 38.9 Å². The standard InChI is InChI=1S/C25H25FN2O4S2/c1-14-20(10-16-4-7-18(8-5-16)34(3)32)19-9-6-17(26)11-22(19)21(14)12-24(30)33-13-23(25(27)31)28-15(2)29/h4-11,23H,12-13H2,1-3H3,(H2,27,31)(H,28,29)/t23-,34?/m0/s1. The lowest BCUT2D eigenvalue weighted by Crippen LogP contribution is -2.45. The van der Waals surface area contributed by atoms with E-state index in [4.69, 9.17) is 5.73 Å². The smallest absolute Gasteiger partial charge is 0.240 e. The predicted molar refractivity (Wildman–Crippen MR) is 135 cm³/mol. The van der Waals surface area contributed by atoms with Crippen molar-refractivity contribution in [2.24, 2.45) is 5.73 Å². The molecular weight excluding hydrogens is 475 g/mol. The zero-order chi connectivity index (χ0) is 25.0. The van der Waals surface area contributed by atoms with Gasteiger partial charge in [0.15, 0.2) is 5.12 Å². The molecule has 6 nitrogen and oxygen atoms in total. The Balaban J connectivity index is 1.87. The fourth-order valence-corrected chi connectivity index (χ4v) is 5.08. The van der Waals surface area contributed by atoms with Gasteiger partial charge in [0.1, 0.15) is 11.9 Å². The number of carbonyl (C=O) groups is 3. The summed E-state index contributed by atoms with van der Waals surface area (Å²) in [4.78, 5) is 36.2. The summed E-state index contributed by atoms with van der Waals surface area (Å²) in [5, 5.41) is 2.20. The third-order valence-electron chi connectivity index (χ3n) is 5.43. The van der Waals surface area contributed by atoms with Gasteiger partial charge in [-0.1, -0.05) is 30.0 Å². The van der Waals surface area contributed by atoms with Crippen molar-refractivity contribution in [2.45, 2.75) is 31.2 Å². The highest BCUT2D eigenvalue weighted by atomic mass is 32.2. The second-order valence-corrected chi connectivity index (χ2v) is 10.3. The summed E-state index contributed by atoms with van der Waals surface area (Å²) >= 11 is 0.901. The van der Waals surface area contributed by atoms with Crippen molar-refractivity contribution in [1.82, 2.24) is 5.32 Å². The van der Waals surface area contributed by atoms with Crippen LogP contribution < -0.4 is 11.1 Å². The summed E-state index contributed by atoms with van der Waals surface area (Å²) in [7, 11) is -1.08. The molecule has 0 aliphatic heterocycles. The molecule has 1 unspecified atom stereocenters. The Hall–Kier alpha value is -3.04. The highest BCUT2D eigenvalue weighted by molar-refractivity contribution is 8.13. The van der Waals surface area contributed by atoms with Crippen molar-refractivity contribution >= 4 is 56.7 Å². The van der Waals surface area contributed by atoms with E-state index in [1.807, 2.05) is 25.1 Å². The van der Waals surface area contributed by atoms with E-state index in [1.165, 1.54) is 19.1 Å². The molecule has 178 valence electrons. The minimum atomic E-state index is -1.08. The minimum absolute atomic E-state index is 0.0178. The molecule has 0 heterocycles. The average Bonchev–Trinajstić information content (AvgIpc) is 3.01. The van der Waals surface area contributed by atoms with E-state index < -0.39 is 34.5 Å². The molecule has 34 heavy (non-hydrogen) atoms. The van der Waals surface area contributed by atoms with Gasteiger partial charge in [0, 0.05) is 41.0 Å². The van der Waals surface area contributed by atoms with Crippen LogP contribution in [0.15, 0.2) is 52.9 Å². The van der Waals surface area contributed by atoms with Crippen molar-refractivity contribution in [3.8, 4) is 0 Å². The summed E-state index contributed by atoms with van der Waals surface area (Å²) in [5.74, 6) is -1.52. The van der Waals surface area contributed by atoms with Crippen LogP contribution >= 0.6 is 11.8 Å². The summed E-state index contributed by atoms with van der Waals surface area (Å²) < 4.78 is 25.7. The quantitative estimate of drug-likeness (QED) is 0.577. The number of halogens is 1. The first-order valence-corrected chi connectivity index (χ1v) is 13.0. The van der Waals surface area contributed by atoms with Crippen LogP contribution in [0.4, 0.5) is 4.39 Å². The van der Waals surface area contributed by atoms with Crippen LogP contribution in [0.1, 0.15) is 37.0 Å². The highest BCUT2D eigenvalue weighted by Crippen LogP contribution is 2.44. The Morgan fingerprint density at radius 1 is 1.15 bits per heavy atom. The number of thioether (sulfide) groups is 1. The Bertz CT molecular complexity index is 1240. The Morgan fingerprint density at radius 2 is 1.82 bits per heavy atom. The van der Waals surface area contributed by atoms with Crippen LogP contribution in [0.2, 0.25) is 0 Å². The molecule has 0 aromatic heterocycles. The zero-order valence-electron chi connectivity index (χ0n) is 19.0.